The van der Waals surface area contributed by atoms with Crippen LogP contribution in [0, 0.1) is 0 Å². The minimum atomic E-state index is 0.776. The van der Waals surface area contributed by atoms with Crippen molar-refractivity contribution in [2.75, 3.05) is 20.8 Å². The molecule has 3 nitrogen and oxygen atoms in total. The summed E-state index contributed by atoms with van der Waals surface area (Å²) in [5, 5.41) is 3.14. The lowest BCUT2D eigenvalue weighted by atomic mass is 10.2. The molecule has 1 aromatic carbocycles. The number of nitrogens with one attached hydrogen (secondary N) is 1. The molecule has 0 bridgehead atoms. The fourth-order valence-corrected chi connectivity index (χ4v) is 1.67. The van der Waals surface area contributed by atoms with Crippen LogP contribution >= 0.6 is 0 Å². The fourth-order valence-electron chi connectivity index (χ4n) is 1.67. The first kappa shape index (κ1) is 13.8. The van der Waals surface area contributed by atoms with Crippen LogP contribution in [0.3, 0.4) is 0 Å². The SMILES string of the molecule is CCCCCOc1cc(OC)ccc1CNC. The van der Waals surface area contributed by atoms with Gasteiger partial charge in [-0.25, -0.2) is 0 Å². The highest BCUT2D eigenvalue weighted by Crippen LogP contribution is 2.25. The van der Waals surface area contributed by atoms with E-state index in [0.29, 0.717) is 0 Å². The summed E-state index contributed by atoms with van der Waals surface area (Å²) in [6, 6.07) is 5.97. The maximum Gasteiger partial charge on any atom is 0.127 e. The van der Waals surface area contributed by atoms with Crippen molar-refractivity contribution in [2.45, 2.75) is 32.7 Å². The first-order valence-electron chi connectivity index (χ1n) is 6.26. The van der Waals surface area contributed by atoms with E-state index in [4.69, 9.17) is 9.47 Å². The molecule has 0 amide bonds. The molecule has 0 atom stereocenters. The summed E-state index contributed by atoms with van der Waals surface area (Å²) < 4.78 is 11.0. The Bertz CT molecular complexity index is 326. The zero-order chi connectivity index (χ0) is 12.5. The van der Waals surface area contributed by atoms with E-state index in [1.807, 2.05) is 25.2 Å². The van der Waals surface area contributed by atoms with Crippen LogP contribution in [-0.4, -0.2) is 20.8 Å². The van der Waals surface area contributed by atoms with Crippen molar-refractivity contribution in [3.63, 3.8) is 0 Å². The van der Waals surface area contributed by atoms with E-state index in [1.54, 1.807) is 7.11 Å². The second-order valence-electron chi connectivity index (χ2n) is 4.06. The highest BCUT2D eigenvalue weighted by molar-refractivity contribution is 5.40. The van der Waals surface area contributed by atoms with Crippen molar-refractivity contribution in [3.8, 4) is 11.5 Å². The first-order chi connectivity index (χ1) is 8.31. The van der Waals surface area contributed by atoms with Gasteiger partial charge in [0.2, 0.25) is 0 Å². The third-order valence-electron chi connectivity index (χ3n) is 2.65. The normalized spacial score (nSPS) is 10.3. The fraction of sp³-hybridized carbons (Fsp3) is 0.571. The van der Waals surface area contributed by atoms with Gasteiger partial charge < -0.3 is 14.8 Å². The van der Waals surface area contributed by atoms with Crippen molar-refractivity contribution >= 4 is 0 Å². The lowest BCUT2D eigenvalue weighted by molar-refractivity contribution is 0.300. The van der Waals surface area contributed by atoms with Gasteiger partial charge in [0.1, 0.15) is 11.5 Å². The summed E-state index contributed by atoms with van der Waals surface area (Å²) in [5.41, 5.74) is 1.17. The van der Waals surface area contributed by atoms with Crippen molar-refractivity contribution < 1.29 is 9.47 Å². The van der Waals surface area contributed by atoms with Crippen LogP contribution in [0.5, 0.6) is 11.5 Å². The number of rotatable bonds is 8. The molecule has 0 fully saturated rings. The van der Waals surface area contributed by atoms with Gasteiger partial charge >= 0.3 is 0 Å². The Kier molecular flexibility index (Phi) is 6.48. The number of unbranched alkanes of at least 4 members (excludes halogenated alkanes) is 2. The van der Waals surface area contributed by atoms with Crippen molar-refractivity contribution in [2.24, 2.45) is 0 Å². The lowest BCUT2D eigenvalue weighted by Gasteiger charge is -2.12. The van der Waals surface area contributed by atoms with Crippen LogP contribution in [0.15, 0.2) is 18.2 Å². The molecule has 0 aliphatic carbocycles. The van der Waals surface area contributed by atoms with Gasteiger partial charge in [-0.15, -0.1) is 0 Å². The molecule has 3 heteroatoms. The van der Waals surface area contributed by atoms with E-state index in [2.05, 4.69) is 12.2 Å². The van der Waals surface area contributed by atoms with E-state index in [1.165, 1.54) is 18.4 Å². The number of hydrogen-bond acceptors (Lipinski definition) is 3. The second-order valence-corrected chi connectivity index (χ2v) is 4.06. The minimum absolute atomic E-state index is 0.776. The molecule has 0 aromatic heterocycles. The van der Waals surface area contributed by atoms with E-state index in [9.17, 15) is 0 Å². The largest absolute Gasteiger partial charge is 0.497 e. The molecule has 0 saturated carbocycles. The molecule has 1 N–H and O–H groups in total. The van der Waals surface area contributed by atoms with Gasteiger partial charge in [0.25, 0.3) is 0 Å². The number of methoxy groups -OCH3 is 1. The van der Waals surface area contributed by atoms with Crippen molar-refractivity contribution in [3.05, 3.63) is 23.8 Å². The van der Waals surface area contributed by atoms with Crippen LogP contribution in [0.25, 0.3) is 0 Å². The standard InChI is InChI=1S/C14H23NO2/c1-4-5-6-9-17-14-10-13(16-3)8-7-12(14)11-15-2/h7-8,10,15H,4-6,9,11H2,1-3H3. The molecule has 0 radical (unpaired) electrons. The first-order valence-corrected chi connectivity index (χ1v) is 6.26. The summed E-state index contributed by atoms with van der Waals surface area (Å²) in [7, 11) is 3.61. The molecule has 17 heavy (non-hydrogen) atoms. The zero-order valence-electron chi connectivity index (χ0n) is 11.1. The highest BCUT2D eigenvalue weighted by Gasteiger charge is 2.05. The third-order valence-corrected chi connectivity index (χ3v) is 2.65. The summed E-state index contributed by atoms with van der Waals surface area (Å²) in [6.45, 7) is 3.78. The average molecular weight is 237 g/mol. The molecule has 0 aliphatic rings. The van der Waals surface area contributed by atoms with E-state index >= 15 is 0 Å². The van der Waals surface area contributed by atoms with Crippen LogP contribution in [-0.2, 0) is 6.54 Å². The Morgan fingerprint density at radius 2 is 2.06 bits per heavy atom. The molecule has 0 saturated heterocycles. The molecule has 1 aromatic rings. The Labute approximate surface area is 104 Å². The van der Waals surface area contributed by atoms with E-state index in [0.717, 1.165) is 31.1 Å². The van der Waals surface area contributed by atoms with Gasteiger partial charge in [-0.3, -0.25) is 0 Å². The topological polar surface area (TPSA) is 30.5 Å². The molecule has 0 unspecified atom stereocenters. The van der Waals surface area contributed by atoms with E-state index in [-0.39, 0.29) is 0 Å². The van der Waals surface area contributed by atoms with Gasteiger partial charge in [-0.2, -0.15) is 0 Å². The van der Waals surface area contributed by atoms with E-state index < -0.39 is 0 Å². The van der Waals surface area contributed by atoms with Crippen LogP contribution < -0.4 is 14.8 Å². The summed E-state index contributed by atoms with van der Waals surface area (Å²) in [4.78, 5) is 0. The molecule has 96 valence electrons. The Morgan fingerprint density at radius 3 is 2.71 bits per heavy atom. The Balaban J connectivity index is 2.64. The summed E-state index contributed by atoms with van der Waals surface area (Å²) in [6.07, 6.45) is 3.53. The van der Waals surface area contributed by atoms with Crippen LogP contribution in [0.1, 0.15) is 31.7 Å². The quantitative estimate of drug-likeness (QED) is 0.705. The van der Waals surface area contributed by atoms with Gasteiger partial charge in [0.15, 0.2) is 0 Å². The average Bonchev–Trinajstić information content (AvgIpc) is 2.36. The highest BCUT2D eigenvalue weighted by atomic mass is 16.5. The minimum Gasteiger partial charge on any atom is -0.497 e. The predicted molar refractivity (Wildman–Crippen MR) is 70.8 cm³/mol. The van der Waals surface area contributed by atoms with Crippen molar-refractivity contribution in [1.29, 1.82) is 0 Å². The Hall–Kier alpha value is -1.22. The lowest BCUT2D eigenvalue weighted by Crippen LogP contribution is -2.08. The van der Waals surface area contributed by atoms with Crippen LogP contribution in [0.2, 0.25) is 0 Å². The van der Waals surface area contributed by atoms with Crippen LogP contribution in [0.4, 0.5) is 0 Å². The molecule has 0 heterocycles. The van der Waals surface area contributed by atoms with Gasteiger partial charge in [-0.1, -0.05) is 25.8 Å². The number of hydrogen-bond donors (Lipinski definition) is 1. The van der Waals surface area contributed by atoms with Gasteiger partial charge in [0.05, 0.1) is 13.7 Å². The summed E-state index contributed by atoms with van der Waals surface area (Å²) in [5.74, 6) is 1.77. The maximum absolute atomic E-state index is 5.81. The maximum atomic E-state index is 5.81. The molecular formula is C14H23NO2. The monoisotopic (exact) mass is 237 g/mol. The van der Waals surface area contributed by atoms with Gasteiger partial charge in [0, 0.05) is 18.2 Å². The molecule has 0 spiro atoms. The van der Waals surface area contributed by atoms with Crippen molar-refractivity contribution in [1.82, 2.24) is 5.32 Å². The summed E-state index contributed by atoms with van der Waals surface area (Å²) >= 11 is 0. The zero-order valence-corrected chi connectivity index (χ0v) is 11.1. The predicted octanol–water partition coefficient (Wildman–Crippen LogP) is 2.98. The third kappa shape index (κ3) is 4.65. The van der Waals surface area contributed by atoms with Gasteiger partial charge in [-0.05, 0) is 19.5 Å². The molecular weight excluding hydrogens is 214 g/mol. The molecule has 0 aliphatic heterocycles. The second kappa shape index (κ2) is 7.96. The number of benzene rings is 1. The smallest absolute Gasteiger partial charge is 0.127 e. The Morgan fingerprint density at radius 1 is 1.24 bits per heavy atom. The molecule has 1 rings (SSSR count). The number of ether oxygens (including phenoxy) is 2.